The van der Waals surface area contributed by atoms with Crippen LogP contribution in [0.15, 0.2) is 122 Å². The Morgan fingerprint density at radius 3 is 2.58 bits per heavy atom. The maximum Gasteiger partial charge on any atom is 0.282 e. The van der Waals surface area contributed by atoms with E-state index in [-0.39, 0.29) is 5.56 Å². The summed E-state index contributed by atoms with van der Waals surface area (Å²) in [6.07, 6.45) is 3.99. The van der Waals surface area contributed by atoms with Gasteiger partial charge >= 0.3 is 0 Å². The van der Waals surface area contributed by atoms with E-state index >= 15 is 0 Å². The monoisotopic (exact) mass is 633 g/mol. The Balaban J connectivity index is 1.43. The average Bonchev–Trinajstić information content (AvgIpc) is 3.46. The molecule has 8 heteroatoms. The van der Waals surface area contributed by atoms with E-state index in [0.717, 1.165) is 26.5 Å². The van der Waals surface area contributed by atoms with Crippen LogP contribution in [0.4, 0.5) is 0 Å². The highest BCUT2D eigenvalue weighted by Crippen LogP contribution is 2.34. The number of fused-ring (bicyclic) bond motifs is 2. The zero-order chi connectivity index (χ0) is 29.8. The number of hydrogen-bond acceptors (Lipinski definition) is 6. The molecule has 2 aromatic heterocycles. The van der Waals surface area contributed by atoms with Gasteiger partial charge in [-0.2, -0.15) is 9.78 Å². The first-order valence-electron chi connectivity index (χ1n) is 13.9. The summed E-state index contributed by atoms with van der Waals surface area (Å²) in [5.41, 5.74) is 3.61. The minimum Gasteiger partial charge on any atom is -0.490 e. The molecule has 0 bridgehead atoms. The summed E-state index contributed by atoms with van der Waals surface area (Å²) in [5.74, 6) is 1.98. The molecule has 0 spiro atoms. The van der Waals surface area contributed by atoms with Crippen LogP contribution in [0.25, 0.3) is 33.5 Å². The predicted octanol–water partition coefficient (Wildman–Crippen LogP) is 8.16. The average molecular weight is 635 g/mol. The number of furan rings is 1. The third-order valence-corrected chi connectivity index (χ3v) is 7.37. The lowest BCUT2D eigenvalue weighted by molar-refractivity contribution is 0.267. The maximum atomic E-state index is 13.7. The molecule has 4 aromatic carbocycles. The molecule has 2 heterocycles. The standard InChI is InChI=1S/C35H28BrN3O4/c1-3-9-26-18-24(19-31(41-4-2)33(26)42-22-23-14-16-27(36)17-15-23)21-37-39-34(32-20-25-10-5-8-13-30(25)43-32)38-29-12-7-6-11-28(29)35(39)40/h3,5-8,10-21H,1,4,9,22H2,2H3. The first-order valence-corrected chi connectivity index (χ1v) is 14.7. The second-order valence-corrected chi connectivity index (χ2v) is 10.7. The van der Waals surface area contributed by atoms with Crippen molar-refractivity contribution in [1.82, 2.24) is 9.66 Å². The van der Waals surface area contributed by atoms with Crippen molar-refractivity contribution in [2.24, 2.45) is 5.10 Å². The van der Waals surface area contributed by atoms with Gasteiger partial charge in [0.15, 0.2) is 17.3 Å². The fourth-order valence-corrected chi connectivity index (χ4v) is 5.10. The quantitative estimate of drug-likeness (QED) is 0.112. The summed E-state index contributed by atoms with van der Waals surface area (Å²) in [6, 6.07) is 28.5. The van der Waals surface area contributed by atoms with Crippen LogP contribution in [0.3, 0.4) is 0 Å². The van der Waals surface area contributed by atoms with Crippen LogP contribution < -0.4 is 15.0 Å². The Bertz CT molecular complexity index is 1990. The van der Waals surface area contributed by atoms with Gasteiger partial charge in [-0.15, -0.1) is 6.58 Å². The Morgan fingerprint density at radius 1 is 1.00 bits per heavy atom. The van der Waals surface area contributed by atoms with E-state index in [0.29, 0.717) is 59.2 Å². The number of nitrogens with zero attached hydrogens (tertiary/aromatic N) is 3. The Labute approximate surface area is 256 Å². The molecule has 0 aliphatic carbocycles. The van der Waals surface area contributed by atoms with Gasteiger partial charge in [-0.25, -0.2) is 4.98 Å². The van der Waals surface area contributed by atoms with Crippen molar-refractivity contribution >= 4 is 44.0 Å². The lowest BCUT2D eigenvalue weighted by Gasteiger charge is -2.17. The van der Waals surface area contributed by atoms with Gasteiger partial charge in [0, 0.05) is 15.4 Å². The number of aromatic nitrogens is 2. The second-order valence-electron chi connectivity index (χ2n) is 9.81. The van der Waals surface area contributed by atoms with Gasteiger partial charge in [0.1, 0.15) is 12.2 Å². The summed E-state index contributed by atoms with van der Waals surface area (Å²) in [6.45, 7) is 6.68. The molecule has 7 nitrogen and oxygen atoms in total. The van der Waals surface area contributed by atoms with E-state index in [9.17, 15) is 4.79 Å². The van der Waals surface area contributed by atoms with Crippen molar-refractivity contribution < 1.29 is 13.9 Å². The second kappa shape index (κ2) is 12.5. The molecule has 0 radical (unpaired) electrons. The first kappa shape index (κ1) is 28.2. The van der Waals surface area contributed by atoms with Crippen LogP contribution >= 0.6 is 15.9 Å². The molecule has 0 fully saturated rings. The van der Waals surface area contributed by atoms with E-state index in [2.05, 4.69) is 27.6 Å². The Morgan fingerprint density at radius 2 is 1.79 bits per heavy atom. The minimum atomic E-state index is -0.303. The van der Waals surface area contributed by atoms with E-state index in [1.54, 1.807) is 18.3 Å². The zero-order valence-corrected chi connectivity index (χ0v) is 25.1. The van der Waals surface area contributed by atoms with E-state index in [1.165, 1.54) is 4.68 Å². The number of hydrogen-bond donors (Lipinski definition) is 0. The lowest BCUT2D eigenvalue weighted by atomic mass is 10.1. The third kappa shape index (κ3) is 6.01. The van der Waals surface area contributed by atoms with Crippen molar-refractivity contribution in [1.29, 1.82) is 0 Å². The zero-order valence-electron chi connectivity index (χ0n) is 23.5. The fourth-order valence-electron chi connectivity index (χ4n) is 4.83. The molecular formula is C35H28BrN3O4. The van der Waals surface area contributed by atoms with Gasteiger partial charge in [-0.1, -0.05) is 64.5 Å². The van der Waals surface area contributed by atoms with Gasteiger partial charge < -0.3 is 13.9 Å². The number of ether oxygens (including phenoxy) is 2. The summed E-state index contributed by atoms with van der Waals surface area (Å²) in [4.78, 5) is 18.5. The molecule has 0 amide bonds. The highest BCUT2D eigenvalue weighted by Gasteiger charge is 2.17. The topological polar surface area (TPSA) is 78.9 Å². The predicted molar refractivity (Wildman–Crippen MR) is 174 cm³/mol. The highest BCUT2D eigenvalue weighted by atomic mass is 79.9. The van der Waals surface area contributed by atoms with Crippen LogP contribution in [0.5, 0.6) is 11.5 Å². The molecular weight excluding hydrogens is 606 g/mol. The number of allylic oxidation sites excluding steroid dienone is 1. The molecule has 0 aliphatic heterocycles. The van der Waals surface area contributed by atoms with E-state index in [1.807, 2.05) is 91.9 Å². The Hall–Kier alpha value is -4.95. The summed E-state index contributed by atoms with van der Waals surface area (Å²) in [7, 11) is 0. The number of para-hydroxylation sites is 2. The van der Waals surface area contributed by atoms with Gasteiger partial charge in [0.05, 0.1) is 23.7 Å². The largest absolute Gasteiger partial charge is 0.490 e. The fraction of sp³-hybridized carbons (Fsp3) is 0.114. The van der Waals surface area contributed by atoms with Gasteiger partial charge in [-0.3, -0.25) is 4.79 Å². The third-order valence-electron chi connectivity index (χ3n) is 6.84. The molecule has 0 saturated heterocycles. The highest BCUT2D eigenvalue weighted by molar-refractivity contribution is 9.10. The lowest BCUT2D eigenvalue weighted by Crippen LogP contribution is -2.20. The van der Waals surface area contributed by atoms with Crippen molar-refractivity contribution in [3.63, 3.8) is 0 Å². The van der Waals surface area contributed by atoms with Crippen molar-refractivity contribution in [3.05, 3.63) is 135 Å². The van der Waals surface area contributed by atoms with Crippen LogP contribution in [-0.2, 0) is 13.0 Å². The van der Waals surface area contributed by atoms with Crippen molar-refractivity contribution in [2.75, 3.05) is 6.61 Å². The normalized spacial score (nSPS) is 11.4. The summed E-state index contributed by atoms with van der Waals surface area (Å²) >= 11 is 3.47. The maximum absolute atomic E-state index is 13.7. The van der Waals surface area contributed by atoms with Crippen LogP contribution in [-0.4, -0.2) is 22.5 Å². The van der Waals surface area contributed by atoms with Crippen LogP contribution in [0, 0.1) is 0 Å². The van der Waals surface area contributed by atoms with Gasteiger partial charge in [-0.05, 0) is 73.0 Å². The molecule has 43 heavy (non-hydrogen) atoms. The van der Waals surface area contributed by atoms with Gasteiger partial charge in [0.25, 0.3) is 5.56 Å². The summed E-state index contributed by atoms with van der Waals surface area (Å²) in [5, 5.41) is 6.00. The summed E-state index contributed by atoms with van der Waals surface area (Å²) < 4.78 is 20.7. The molecule has 6 aromatic rings. The molecule has 6 rings (SSSR count). The van der Waals surface area contributed by atoms with Gasteiger partial charge in [0.2, 0.25) is 5.82 Å². The smallest absolute Gasteiger partial charge is 0.282 e. The van der Waals surface area contributed by atoms with E-state index in [4.69, 9.17) is 18.9 Å². The van der Waals surface area contributed by atoms with Crippen molar-refractivity contribution in [2.45, 2.75) is 20.0 Å². The SMILES string of the molecule is C=CCc1cc(C=Nn2c(-c3cc4ccccc4o3)nc3ccccc3c2=O)cc(OCC)c1OCc1ccc(Br)cc1. The van der Waals surface area contributed by atoms with Crippen LogP contribution in [0.1, 0.15) is 23.6 Å². The molecule has 214 valence electrons. The Kier molecular flexibility index (Phi) is 8.20. The molecule has 0 N–H and O–H groups in total. The van der Waals surface area contributed by atoms with E-state index < -0.39 is 0 Å². The first-order chi connectivity index (χ1) is 21.0. The molecule has 0 atom stereocenters. The molecule has 0 saturated carbocycles. The number of halogens is 1. The molecule has 0 aliphatic rings. The number of benzene rings is 4. The van der Waals surface area contributed by atoms with Crippen molar-refractivity contribution in [3.8, 4) is 23.1 Å². The minimum absolute atomic E-state index is 0.303. The van der Waals surface area contributed by atoms with Crippen LogP contribution in [0.2, 0.25) is 0 Å². The molecule has 0 unspecified atom stereocenters. The number of rotatable bonds is 10.